The fourth-order valence-corrected chi connectivity index (χ4v) is 3.92. The average molecular weight is 432 g/mol. The number of fused-ring (bicyclic) bond motifs is 1. The molecule has 9 heteroatoms. The third-order valence-corrected chi connectivity index (χ3v) is 5.25. The summed E-state index contributed by atoms with van der Waals surface area (Å²) in [6.45, 7) is 10.3. The number of aromatic nitrogens is 3. The van der Waals surface area contributed by atoms with Crippen molar-refractivity contribution in [1.82, 2.24) is 25.0 Å². The summed E-state index contributed by atoms with van der Waals surface area (Å²) in [5, 5.41) is 8.02. The summed E-state index contributed by atoms with van der Waals surface area (Å²) >= 11 is 0. The Morgan fingerprint density at radius 3 is 2.71 bits per heavy atom. The van der Waals surface area contributed by atoms with Crippen LogP contribution in [-0.2, 0) is 16.6 Å². The molecule has 1 aliphatic heterocycles. The first-order valence-electron chi connectivity index (χ1n) is 10.7. The lowest BCUT2D eigenvalue weighted by Crippen LogP contribution is -2.51. The van der Waals surface area contributed by atoms with Crippen LogP contribution in [0.25, 0.3) is 11.0 Å². The molecule has 1 saturated heterocycles. The van der Waals surface area contributed by atoms with Crippen LogP contribution in [0.4, 0.5) is 4.79 Å². The highest BCUT2D eigenvalue weighted by atomic mass is 16.6. The minimum Gasteiger partial charge on any atom is -0.466 e. The molecule has 3 heterocycles. The maximum absolute atomic E-state index is 12.9. The maximum atomic E-state index is 12.9. The molecule has 1 aliphatic rings. The number of carbonyl (C=O) groups is 2. The van der Waals surface area contributed by atoms with E-state index < -0.39 is 11.7 Å². The molecule has 1 atom stereocenters. The van der Waals surface area contributed by atoms with Gasteiger partial charge in [0.2, 0.25) is 5.88 Å². The van der Waals surface area contributed by atoms with Gasteiger partial charge in [-0.25, -0.2) is 14.5 Å². The van der Waals surface area contributed by atoms with Crippen molar-refractivity contribution in [1.29, 1.82) is 0 Å². The zero-order valence-corrected chi connectivity index (χ0v) is 19.3. The van der Waals surface area contributed by atoms with Crippen LogP contribution >= 0.6 is 0 Å². The molecule has 2 aromatic rings. The van der Waals surface area contributed by atoms with Gasteiger partial charge in [0.25, 0.3) is 5.91 Å². The molecule has 170 valence electrons. The third-order valence-electron chi connectivity index (χ3n) is 5.25. The highest BCUT2D eigenvalue weighted by molar-refractivity contribution is 5.86. The average Bonchev–Trinajstić information content (AvgIpc) is 2.99. The van der Waals surface area contributed by atoms with Gasteiger partial charge in [0.1, 0.15) is 5.60 Å². The van der Waals surface area contributed by atoms with Crippen molar-refractivity contribution in [3.05, 3.63) is 17.3 Å². The zero-order chi connectivity index (χ0) is 22.8. The van der Waals surface area contributed by atoms with Crippen LogP contribution in [0.3, 0.4) is 0 Å². The van der Waals surface area contributed by atoms with Crippen LogP contribution in [0.15, 0.2) is 6.07 Å². The van der Waals surface area contributed by atoms with Gasteiger partial charge in [0, 0.05) is 31.9 Å². The van der Waals surface area contributed by atoms with Crippen molar-refractivity contribution in [3.63, 3.8) is 0 Å². The number of amides is 2. The van der Waals surface area contributed by atoms with E-state index >= 15 is 0 Å². The van der Waals surface area contributed by atoms with Crippen molar-refractivity contribution in [2.45, 2.75) is 65.5 Å². The van der Waals surface area contributed by atoms with Crippen LogP contribution in [0.2, 0.25) is 0 Å². The Bertz CT molecular complexity index is 963. The number of hydrogen-bond donors (Lipinski definition) is 1. The Balaban J connectivity index is 1.64. The summed E-state index contributed by atoms with van der Waals surface area (Å²) < 4.78 is 12.8. The number of ether oxygens (including phenoxy) is 2. The molecule has 0 aromatic carbocycles. The normalized spacial score (nSPS) is 17.0. The smallest absolute Gasteiger partial charge is 0.407 e. The van der Waals surface area contributed by atoms with Crippen molar-refractivity contribution in [2.75, 3.05) is 19.7 Å². The van der Waals surface area contributed by atoms with Gasteiger partial charge >= 0.3 is 6.09 Å². The molecule has 9 nitrogen and oxygen atoms in total. The van der Waals surface area contributed by atoms with E-state index in [9.17, 15) is 9.59 Å². The lowest BCUT2D eigenvalue weighted by molar-refractivity contribution is -0.137. The predicted octanol–water partition coefficient (Wildman–Crippen LogP) is 2.87. The SMILES string of the molecule is Cc1cc(C)c2c(OCC(=O)N3CCCCC3CNC(=O)OC(C)(C)C)nn(C)c2n1. The molecular weight excluding hydrogens is 398 g/mol. The van der Waals surface area contributed by atoms with Crippen LogP contribution in [0.5, 0.6) is 5.88 Å². The van der Waals surface area contributed by atoms with Crippen molar-refractivity contribution < 1.29 is 19.1 Å². The van der Waals surface area contributed by atoms with E-state index in [0.717, 1.165) is 41.6 Å². The molecule has 1 unspecified atom stereocenters. The molecule has 2 aromatic heterocycles. The summed E-state index contributed by atoms with van der Waals surface area (Å²) in [4.78, 5) is 31.3. The number of piperidine rings is 1. The van der Waals surface area contributed by atoms with E-state index in [2.05, 4.69) is 15.4 Å². The largest absolute Gasteiger partial charge is 0.466 e. The first-order chi connectivity index (χ1) is 14.5. The van der Waals surface area contributed by atoms with E-state index in [1.54, 1.807) is 9.58 Å². The lowest BCUT2D eigenvalue weighted by atomic mass is 10.0. The number of nitrogens with one attached hydrogen (secondary N) is 1. The Morgan fingerprint density at radius 1 is 1.26 bits per heavy atom. The number of pyridine rings is 1. The molecule has 0 spiro atoms. The summed E-state index contributed by atoms with van der Waals surface area (Å²) in [5.74, 6) is 0.295. The van der Waals surface area contributed by atoms with Gasteiger partial charge in [-0.15, -0.1) is 5.10 Å². The highest BCUT2D eigenvalue weighted by Gasteiger charge is 2.28. The Labute approximate surface area is 183 Å². The Hall–Kier alpha value is -2.84. The number of rotatable bonds is 5. The minimum atomic E-state index is -0.559. The second kappa shape index (κ2) is 9.11. The van der Waals surface area contributed by atoms with E-state index in [1.807, 2.05) is 47.7 Å². The number of likely N-dealkylation sites (tertiary alicyclic amines) is 1. The number of nitrogens with zero attached hydrogens (tertiary/aromatic N) is 4. The molecule has 1 N–H and O–H groups in total. The number of hydrogen-bond acceptors (Lipinski definition) is 6. The predicted molar refractivity (Wildman–Crippen MR) is 117 cm³/mol. The van der Waals surface area contributed by atoms with Gasteiger partial charge in [-0.3, -0.25) is 4.79 Å². The molecular formula is C22H33N5O4. The Morgan fingerprint density at radius 2 is 2.00 bits per heavy atom. The van der Waals surface area contributed by atoms with Gasteiger partial charge in [0.05, 0.1) is 5.39 Å². The topological polar surface area (TPSA) is 98.6 Å². The van der Waals surface area contributed by atoms with Crippen LogP contribution < -0.4 is 10.1 Å². The molecule has 0 bridgehead atoms. The monoisotopic (exact) mass is 431 g/mol. The van der Waals surface area contributed by atoms with Gasteiger partial charge in [-0.2, -0.15) is 0 Å². The van der Waals surface area contributed by atoms with E-state index in [-0.39, 0.29) is 18.6 Å². The van der Waals surface area contributed by atoms with Crippen molar-refractivity contribution >= 4 is 23.0 Å². The fourth-order valence-electron chi connectivity index (χ4n) is 3.92. The third kappa shape index (κ3) is 5.65. The van der Waals surface area contributed by atoms with Crippen LogP contribution in [0, 0.1) is 13.8 Å². The van der Waals surface area contributed by atoms with Gasteiger partial charge in [-0.1, -0.05) is 0 Å². The van der Waals surface area contributed by atoms with Gasteiger partial charge in [0.15, 0.2) is 12.3 Å². The van der Waals surface area contributed by atoms with Crippen LogP contribution in [0.1, 0.15) is 51.3 Å². The Kier molecular flexibility index (Phi) is 6.71. The summed E-state index contributed by atoms with van der Waals surface area (Å²) in [6.07, 6.45) is 2.31. The summed E-state index contributed by atoms with van der Waals surface area (Å²) in [7, 11) is 1.81. The molecule has 0 aliphatic carbocycles. The summed E-state index contributed by atoms with van der Waals surface area (Å²) in [6, 6.07) is 1.89. The van der Waals surface area contributed by atoms with Crippen LogP contribution in [-0.4, -0.2) is 63.0 Å². The molecule has 2 amide bonds. The van der Waals surface area contributed by atoms with Crippen molar-refractivity contribution in [3.8, 4) is 5.88 Å². The second-order valence-electron chi connectivity index (χ2n) is 9.12. The molecule has 3 rings (SSSR count). The number of alkyl carbamates (subject to hydrolysis) is 1. The molecule has 0 saturated carbocycles. The number of aryl methyl sites for hydroxylation is 3. The first-order valence-corrected chi connectivity index (χ1v) is 10.7. The van der Waals surface area contributed by atoms with E-state index in [0.29, 0.717) is 19.0 Å². The van der Waals surface area contributed by atoms with Gasteiger partial charge < -0.3 is 19.7 Å². The quantitative estimate of drug-likeness (QED) is 0.782. The maximum Gasteiger partial charge on any atom is 0.407 e. The molecule has 1 fully saturated rings. The molecule has 0 radical (unpaired) electrons. The minimum absolute atomic E-state index is 0.0797. The van der Waals surface area contributed by atoms with E-state index in [1.165, 1.54) is 0 Å². The highest BCUT2D eigenvalue weighted by Crippen LogP contribution is 2.27. The van der Waals surface area contributed by atoms with E-state index in [4.69, 9.17) is 9.47 Å². The fraction of sp³-hybridized carbons (Fsp3) is 0.636. The number of carbonyl (C=O) groups excluding carboxylic acids is 2. The van der Waals surface area contributed by atoms with Crippen molar-refractivity contribution in [2.24, 2.45) is 7.05 Å². The zero-order valence-electron chi connectivity index (χ0n) is 19.3. The second-order valence-corrected chi connectivity index (χ2v) is 9.12. The lowest BCUT2D eigenvalue weighted by Gasteiger charge is -2.35. The molecule has 31 heavy (non-hydrogen) atoms. The first kappa shape index (κ1) is 22.8. The summed E-state index contributed by atoms with van der Waals surface area (Å²) in [5.41, 5.74) is 2.09. The standard InChI is InChI=1S/C22H33N5O4/c1-14-11-15(2)24-19-18(14)20(25-26(19)6)30-13-17(28)27-10-8-7-9-16(27)12-23-21(29)31-22(3,4)5/h11,16H,7-10,12-13H2,1-6H3,(H,23,29). The van der Waals surface area contributed by atoms with Gasteiger partial charge in [-0.05, 0) is 65.5 Å².